The fraction of sp³-hybridized carbons (Fsp3) is 0.111. The minimum Gasteiger partial charge on any atom is -0.478 e. The van der Waals surface area contributed by atoms with Gasteiger partial charge in [0.05, 0.1) is 24.3 Å². The maximum Gasteiger partial charge on any atom is 0.338 e. The lowest BCUT2D eigenvalue weighted by Crippen LogP contribution is -2.22. The molecule has 5 nitrogen and oxygen atoms in total. The summed E-state index contributed by atoms with van der Waals surface area (Å²) in [6, 6.07) is 26.6. The van der Waals surface area contributed by atoms with Crippen LogP contribution >= 0.6 is 0 Å². The highest BCUT2D eigenvalue weighted by Gasteiger charge is 2.35. The number of methoxy groups -OCH3 is 1. The minimum atomic E-state index is -0.976. The molecule has 0 radical (unpaired) electrons. The van der Waals surface area contributed by atoms with Gasteiger partial charge in [0.1, 0.15) is 0 Å². The molecule has 1 N–H and O–H groups in total. The van der Waals surface area contributed by atoms with E-state index in [0.717, 1.165) is 27.7 Å². The zero-order chi connectivity index (χ0) is 22.2. The topological polar surface area (TPSA) is 66.8 Å². The number of carboxylic acids is 1. The molecule has 0 saturated heterocycles. The first-order chi connectivity index (χ1) is 15.6. The van der Waals surface area contributed by atoms with Crippen LogP contribution < -0.4 is 4.90 Å². The normalized spacial score (nSPS) is 14.9. The Kier molecular flexibility index (Phi) is 4.86. The van der Waals surface area contributed by atoms with E-state index in [2.05, 4.69) is 29.2 Å². The first kappa shape index (κ1) is 19.8. The highest BCUT2D eigenvalue weighted by atomic mass is 16.5. The second-order valence-electron chi connectivity index (χ2n) is 7.81. The van der Waals surface area contributed by atoms with Gasteiger partial charge in [0.25, 0.3) is 0 Å². The summed E-state index contributed by atoms with van der Waals surface area (Å²) in [5.74, 6) is -1.36. The van der Waals surface area contributed by atoms with E-state index in [0.29, 0.717) is 12.0 Å². The van der Waals surface area contributed by atoms with Crippen molar-refractivity contribution in [2.75, 3.05) is 12.0 Å². The van der Waals surface area contributed by atoms with E-state index in [9.17, 15) is 14.7 Å². The van der Waals surface area contributed by atoms with Gasteiger partial charge in [-0.05, 0) is 52.2 Å². The van der Waals surface area contributed by atoms with Crippen molar-refractivity contribution in [1.29, 1.82) is 0 Å². The van der Waals surface area contributed by atoms with Crippen molar-refractivity contribution in [2.24, 2.45) is 0 Å². The van der Waals surface area contributed by atoms with Gasteiger partial charge in [0, 0.05) is 17.8 Å². The van der Waals surface area contributed by atoms with Gasteiger partial charge < -0.3 is 14.7 Å². The average Bonchev–Trinajstić information content (AvgIpc) is 3.23. The van der Waals surface area contributed by atoms with Gasteiger partial charge in [-0.15, -0.1) is 0 Å². The van der Waals surface area contributed by atoms with Crippen LogP contribution in [0.1, 0.15) is 37.9 Å². The minimum absolute atomic E-state index is 0.185. The molecule has 158 valence electrons. The van der Waals surface area contributed by atoms with Crippen LogP contribution in [0.2, 0.25) is 0 Å². The van der Waals surface area contributed by atoms with Gasteiger partial charge >= 0.3 is 11.9 Å². The van der Waals surface area contributed by atoms with Gasteiger partial charge in [0.2, 0.25) is 0 Å². The number of hydrogen-bond donors (Lipinski definition) is 1. The number of ether oxygens (including phenoxy) is 1. The Bertz CT molecular complexity index is 1360. The van der Waals surface area contributed by atoms with Crippen LogP contribution in [0, 0.1) is 0 Å². The van der Waals surface area contributed by atoms with Crippen LogP contribution in [0.4, 0.5) is 11.4 Å². The van der Waals surface area contributed by atoms with E-state index in [-0.39, 0.29) is 17.6 Å². The number of aromatic carboxylic acids is 1. The number of rotatable bonds is 4. The summed E-state index contributed by atoms with van der Waals surface area (Å²) in [5, 5.41) is 11.8. The van der Waals surface area contributed by atoms with Gasteiger partial charge in [-0.25, -0.2) is 9.59 Å². The number of benzene rings is 4. The van der Waals surface area contributed by atoms with E-state index in [1.807, 2.05) is 36.4 Å². The molecule has 4 aromatic carbocycles. The number of fused-ring (bicyclic) bond motifs is 3. The lowest BCUT2D eigenvalue weighted by molar-refractivity contribution is 0.0598. The highest BCUT2D eigenvalue weighted by Crippen LogP contribution is 2.48. The summed E-state index contributed by atoms with van der Waals surface area (Å²) in [4.78, 5) is 26.3. The Balaban J connectivity index is 1.75. The molecule has 1 aliphatic rings. The molecule has 32 heavy (non-hydrogen) atoms. The Morgan fingerprint density at radius 3 is 2.53 bits per heavy atom. The molecule has 0 bridgehead atoms. The lowest BCUT2D eigenvalue weighted by Gasteiger charge is -2.29. The maximum atomic E-state index is 12.5. The van der Waals surface area contributed by atoms with Crippen LogP contribution in [0.25, 0.3) is 10.8 Å². The van der Waals surface area contributed by atoms with Crippen molar-refractivity contribution in [2.45, 2.75) is 12.5 Å². The lowest BCUT2D eigenvalue weighted by atomic mass is 9.95. The molecule has 1 unspecified atom stereocenters. The standard InChI is InChI=1S/C27H21NO4/c1-32-27(31)22-12-5-4-11-21(22)25-16-23-20-10-3-2-7-17(20)13-14-24(23)28(25)19-9-6-8-18(15-19)26(29)30/h2-15,25H,16H2,1H3,(H,29,30). The summed E-state index contributed by atoms with van der Waals surface area (Å²) in [5.41, 5.74) is 4.53. The molecule has 0 aromatic heterocycles. The Hall–Kier alpha value is -4.12. The van der Waals surface area contributed by atoms with Crippen LogP contribution in [0.15, 0.2) is 84.9 Å². The van der Waals surface area contributed by atoms with Crippen molar-refractivity contribution in [3.8, 4) is 0 Å². The molecule has 5 rings (SSSR count). The highest BCUT2D eigenvalue weighted by molar-refractivity contribution is 5.96. The molecule has 5 heteroatoms. The predicted molar refractivity (Wildman–Crippen MR) is 124 cm³/mol. The number of esters is 1. The predicted octanol–water partition coefficient (Wildman–Crippen LogP) is 5.76. The summed E-state index contributed by atoms with van der Waals surface area (Å²) in [6.07, 6.45) is 0.683. The van der Waals surface area contributed by atoms with Crippen molar-refractivity contribution in [3.05, 3.63) is 107 Å². The van der Waals surface area contributed by atoms with E-state index >= 15 is 0 Å². The van der Waals surface area contributed by atoms with E-state index < -0.39 is 5.97 Å². The third-order valence-corrected chi connectivity index (χ3v) is 6.08. The molecular formula is C27H21NO4. The molecule has 0 saturated carbocycles. The van der Waals surface area contributed by atoms with Gasteiger partial charge in [-0.2, -0.15) is 0 Å². The second-order valence-corrected chi connectivity index (χ2v) is 7.81. The molecule has 1 aliphatic heterocycles. The number of carbonyl (C=O) groups excluding carboxylic acids is 1. The Labute approximate surface area is 185 Å². The van der Waals surface area contributed by atoms with Crippen molar-refractivity contribution in [3.63, 3.8) is 0 Å². The molecule has 4 aromatic rings. The Morgan fingerprint density at radius 2 is 1.72 bits per heavy atom. The summed E-state index contributed by atoms with van der Waals surface area (Å²) in [6.45, 7) is 0. The molecule has 0 amide bonds. The molecule has 1 atom stereocenters. The van der Waals surface area contributed by atoms with Crippen molar-refractivity contribution in [1.82, 2.24) is 0 Å². The number of carboxylic acid groups (broad SMARTS) is 1. The van der Waals surface area contributed by atoms with Gasteiger partial charge in [0.15, 0.2) is 0 Å². The fourth-order valence-corrected chi connectivity index (χ4v) is 4.66. The Morgan fingerprint density at radius 1 is 0.938 bits per heavy atom. The zero-order valence-corrected chi connectivity index (χ0v) is 17.5. The van der Waals surface area contributed by atoms with Crippen LogP contribution in [-0.2, 0) is 11.2 Å². The summed E-state index contributed by atoms with van der Waals surface area (Å²) < 4.78 is 5.04. The number of anilines is 2. The maximum absolute atomic E-state index is 12.5. The second kappa shape index (κ2) is 7.85. The first-order valence-electron chi connectivity index (χ1n) is 10.4. The van der Waals surface area contributed by atoms with E-state index in [4.69, 9.17) is 4.74 Å². The van der Waals surface area contributed by atoms with Crippen molar-refractivity contribution >= 4 is 34.1 Å². The number of hydrogen-bond acceptors (Lipinski definition) is 4. The SMILES string of the molecule is COC(=O)c1ccccc1C1Cc2c(ccc3ccccc23)N1c1cccc(C(=O)O)c1. The van der Waals surface area contributed by atoms with Gasteiger partial charge in [-0.1, -0.05) is 54.6 Å². The largest absolute Gasteiger partial charge is 0.478 e. The molecular weight excluding hydrogens is 402 g/mol. The van der Waals surface area contributed by atoms with Crippen LogP contribution in [0.3, 0.4) is 0 Å². The summed E-state index contributed by atoms with van der Waals surface area (Å²) >= 11 is 0. The van der Waals surface area contributed by atoms with Gasteiger partial charge in [-0.3, -0.25) is 0 Å². The third kappa shape index (κ3) is 3.19. The first-order valence-corrected chi connectivity index (χ1v) is 10.4. The van der Waals surface area contributed by atoms with E-state index in [1.165, 1.54) is 12.7 Å². The monoisotopic (exact) mass is 423 g/mol. The average molecular weight is 423 g/mol. The number of carbonyl (C=O) groups is 2. The molecule has 0 aliphatic carbocycles. The smallest absolute Gasteiger partial charge is 0.338 e. The van der Waals surface area contributed by atoms with Crippen LogP contribution in [0.5, 0.6) is 0 Å². The fourth-order valence-electron chi connectivity index (χ4n) is 4.66. The van der Waals surface area contributed by atoms with E-state index in [1.54, 1.807) is 24.3 Å². The third-order valence-electron chi connectivity index (χ3n) is 6.08. The van der Waals surface area contributed by atoms with Crippen molar-refractivity contribution < 1.29 is 19.4 Å². The molecule has 0 spiro atoms. The zero-order valence-electron chi connectivity index (χ0n) is 17.5. The molecule has 1 heterocycles. The summed E-state index contributed by atoms with van der Waals surface area (Å²) in [7, 11) is 1.38. The van der Waals surface area contributed by atoms with Crippen LogP contribution in [-0.4, -0.2) is 24.2 Å². The number of nitrogens with zero attached hydrogens (tertiary/aromatic N) is 1. The quantitative estimate of drug-likeness (QED) is 0.423. The molecule has 0 fully saturated rings.